The topological polar surface area (TPSA) is 93.2 Å². The molecule has 8 heteroatoms. The number of anilines is 1. The molecule has 88 valence electrons. The molecule has 2 amide bonds. The van der Waals surface area contributed by atoms with E-state index in [0.717, 1.165) is 18.0 Å². The fourth-order valence-electron chi connectivity index (χ4n) is 0.828. The minimum atomic E-state index is -0.627. The summed E-state index contributed by atoms with van der Waals surface area (Å²) in [4.78, 5) is 26.0. The molecular formula is C8H12N4O3S. The number of aromatic nitrogens is 2. The normalized spacial score (nSPS) is 9.62. The molecule has 0 aliphatic rings. The zero-order valence-corrected chi connectivity index (χ0v) is 9.76. The maximum atomic E-state index is 11.2. The summed E-state index contributed by atoms with van der Waals surface area (Å²) >= 11 is 0.921. The largest absolute Gasteiger partial charge is 0.463 e. The smallest absolute Gasteiger partial charge is 0.377 e. The van der Waals surface area contributed by atoms with Gasteiger partial charge in [-0.25, -0.2) is 9.59 Å². The number of esters is 1. The van der Waals surface area contributed by atoms with E-state index in [9.17, 15) is 9.59 Å². The molecular weight excluding hydrogens is 232 g/mol. The molecule has 0 spiro atoms. The van der Waals surface area contributed by atoms with Crippen molar-refractivity contribution in [2.75, 3.05) is 19.0 Å². The Morgan fingerprint density at radius 3 is 2.88 bits per heavy atom. The third-order valence-electron chi connectivity index (χ3n) is 1.55. The first-order valence-corrected chi connectivity index (χ1v) is 5.41. The minimum absolute atomic E-state index is 0.0571. The summed E-state index contributed by atoms with van der Waals surface area (Å²) in [7, 11) is 1.24. The quantitative estimate of drug-likeness (QED) is 0.766. The summed E-state index contributed by atoms with van der Waals surface area (Å²) < 4.78 is 8.17. The molecule has 0 saturated carbocycles. The predicted molar refractivity (Wildman–Crippen MR) is 58.6 cm³/mol. The molecule has 0 radical (unpaired) electrons. The number of hydrogen-bond acceptors (Lipinski definition) is 6. The number of nitrogens with zero attached hydrogens (tertiary/aromatic N) is 2. The number of ether oxygens (including phenoxy) is 1. The Balaban J connectivity index is 2.52. The van der Waals surface area contributed by atoms with Crippen molar-refractivity contribution < 1.29 is 14.3 Å². The van der Waals surface area contributed by atoms with Gasteiger partial charge in [0.25, 0.3) is 5.82 Å². The summed E-state index contributed by atoms with van der Waals surface area (Å²) in [6.07, 6.45) is 0.844. The molecule has 0 atom stereocenters. The van der Waals surface area contributed by atoms with Crippen molar-refractivity contribution in [2.24, 2.45) is 0 Å². The lowest BCUT2D eigenvalue weighted by molar-refractivity contribution is 0.0588. The van der Waals surface area contributed by atoms with Gasteiger partial charge in [-0.05, 0) is 6.42 Å². The van der Waals surface area contributed by atoms with Crippen molar-refractivity contribution in [1.29, 1.82) is 0 Å². The number of amides is 2. The van der Waals surface area contributed by atoms with Gasteiger partial charge in [0.1, 0.15) is 0 Å². The lowest BCUT2D eigenvalue weighted by atomic mass is 10.5. The molecule has 0 aliphatic carbocycles. The molecule has 1 aromatic heterocycles. The SMILES string of the molecule is CCCNC(=O)Nc1nc(C(=O)OC)ns1. The highest BCUT2D eigenvalue weighted by atomic mass is 32.1. The average molecular weight is 244 g/mol. The second kappa shape index (κ2) is 6.01. The Morgan fingerprint density at radius 1 is 1.50 bits per heavy atom. The standard InChI is InChI=1S/C8H12N4O3S/c1-3-4-9-7(14)11-8-10-5(12-16-8)6(13)15-2/h3-4H2,1-2H3,(H2,9,10,11,12,14). The molecule has 0 aromatic carbocycles. The van der Waals surface area contributed by atoms with Gasteiger partial charge in [-0.15, -0.1) is 0 Å². The van der Waals surface area contributed by atoms with Crippen molar-refractivity contribution in [3.05, 3.63) is 5.82 Å². The zero-order valence-electron chi connectivity index (χ0n) is 8.94. The molecule has 0 unspecified atom stereocenters. The minimum Gasteiger partial charge on any atom is -0.463 e. The van der Waals surface area contributed by atoms with Crippen LogP contribution in [0, 0.1) is 0 Å². The maximum absolute atomic E-state index is 11.2. The maximum Gasteiger partial charge on any atom is 0.377 e. The van der Waals surface area contributed by atoms with E-state index in [1.807, 2.05) is 6.92 Å². The van der Waals surface area contributed by atoms with Crippen molar-refractivity contribution >= 4 is 28.7 Å². The van der Waals surface area contributed by atoms with Gasteiger partial charge in [0, 0.05) is 18.1 Å². The lowest BCUT2D eigenvalue weighted by Gasteiger charge is -2.01. The highest BCUT2D eigenvalue weighted by Gasteiger charge is 2.13. The summed E-state index contributed by atoms with van der Waals surface area (Å²) in [5, 5.41) is 5.33. The summed E-state index contributed by atoms with van der Waals surface area (Å²) in [5.41, 5.74) is 0. The molecule has 0 fully saturated rings. The van der Waals surface area contributed by atoms with Crippen LogP contribution in [0.3, 0.4) is 0 Å². The van der Waals surface area contributed by atoms with Crippen LogP contribution >= 0.6 is 11.5 Å². The van der Waals surface area contributed by atoms with E-state index in [-0.39, 0.29) is 17.0 Å². The molecule has 0 bridgehead atoms. The van der Waals surface area contributed by atoms with E-state index < -0.39 is 5.97 Å². The fourth-order valence-corrected chi connectivity index (χ4v) is 1.38. The molecule has 1 heterocycles. The van der Waals surface area contributed by atoms with Crippen molar-refractivity contribution in [1.82, 2.24) is 14.7 Å². The number of carbonyl (C=O) groups is 2. The Morgan fingerprint density at radius 2 is 2.25 bits per heavy atom. The van der Waals surface area contributed by atoms with E-state index in [4.69, 9.17) is 0 Å². The number of urea groups is 1. The monoisotopic (exact) mass is 244 g/mol. The highest BCUT2D eigenvalue weighted by Crippen LogP contribution is 2.11. The van der Waals surface area contributed by atoms with Crippen LogP contribution in [0.5, 0.6) is 0 Å². The summed E-state index contributed by atoms with van der Waals surface area (Å²) in [5.74, 6) is -0.684. The van der Waals surface area contributed by atoms with Crippen LogP contribution in [0.2, 0.25) is 0 Å². The molecule has 16 heavy (non-hydrogen) atoms. The first-order valence-electron chi connectivity index (χ1n) is 4.64. The molecule has 7 nitrogen and oxygen atoms in total. The van der Waals surface area contributed by atoms with Gasteiger partial charge in [-0.2, -0.15) is 9.36 Å². The van der Waals surface area contributed by atoms with Gasteiger partial charge in [0.15, 0.2) is 0 Å². The van der Waals surface area contributed by atoms with Gasteiger partial charge in [0.05, 0.1) is 7.11 Å². The lowest BCUT2D eigenvalue weighted by Crippen LogP contribution is -2.29. The van der Waals surface area contributed by atoms with E-state index in [1.54, 1.807) is 0 Å². The van der Waals surface area contributed by atoms with E-state index in [2.05, 4.69) is 24.7 Å². The first-order chi connectivity index (χ1) is 7.67. The number of carbonyl (C=O) groups excluding carboxylic acids is 2. The Hall–Kier alpha value is -1.70. The van der Waals surface area contributed by atoms with E-state index in [0.29, 0.717) is 6.54 Å². The summed E-state index contributed by atoms with van der Waals surface area (Å²) in [6.45, 7) is 2.52. The van der Waals surface area contributed by atoms with Crippen molar-refractivity contribution in [3.63, 3.8) is 0 Å². The molecule has 0 saturated heterocycles. The van der Waals surface area contributed by atoms with E-state index >= 15 is 0 Å². The number of nitrogens with one attached hydrogen (secondary N) is 2. The molecule has 1 rings (SSSR count). The molecule has 2 N–H and O–H groups in total. The summed E-state index contributed by atoms with van der Waals surface area (Å²) in [6, 6.07) is -0.366. The van der Waals surface area contributed by atoms with E-state index in [1.165, 1.54) is 7.11 Å². The van der Waals surface area contributed by atoms with Crippen LogP contribution in [-0.4, -0.2) is 35.0 Å². The van der Waals surface area contributed by atoms with Crippen molar-refractivity contribution in [3.8, 4) is 0 Å². The second-order valence-electron chi connectivity index (χ2n) is 2.80. The Bertz CT molecular complexity index is 379. The Labute approximate surface area is 96.4 Å². The van der Waals surface area contributed by atoms with Gasteiger partial charge in [-0.3, -0.25) is 5.32 Å². The van der Waals surface area contributed by atoms with Crippen LogP contribution < -0.4 is 10.6 Å². The zero-order chi connectivity index (χ0) is 12.0. The van der Waals surface area contributed by atoms with Gasteiger partial charge < -0.3 is 10.1 Å². The molecule has 0 aliphatic heterocycles. The predicted octanol–water partition coefficient (Wildman–Crippen LogP) is 0.856. The highest BCUT2D eigenvalue weighted by molar-refractivity contribution is 7.10. The van der Waals surface area contributed by atoms with Crippen LogP contribution in [0.15, 0.2) is 0 Å². The van der Waals surface area contributed by atoms with Gasteiger partial charge in [-0.1, -0.05) is 6.92 Å². The number of hydrogen-bond donors (Lipinski definition) is 2. The first kappa shape index (κ1) is 12.4. The molecule has 1 aromatic rings. The van der Waals surface area contributed by atoms with Gasteiger partial charge in [0.2, 0.25) is 5.13 Å². The van der Waals surface area contributed by atoms with Crippen LogP contribution in [0.4, 0.5) is 9.93 Å². The third-order valence-corrected chi connectivity index (χ3v) is 2.18. The third kappa shape index (κ3) is 3.46. The second-order valence-corrected chi connectivity index (χ2v) is 3.55. The number of methoxy groups -OCH3 is 1. The van der Waals surface area contributed by atoms with Crippen LogP contribution in [-0.2, 0) is 4.74 Å². The van der Waals surface area contributed by atoms with Crippen LogP contribution in [0.1, 0.15) is 24.0 Å². The fraction of sp³-hybridized carbons (Fsp3) is 0.500. The van der Waals surface area contributed by atoms with Crippen LogP contribution in [0.25, 0.3) is 0 Å². The Kier molecular flexibility index (Phi) is 4.65. The number of rotatable bonds is 4. The average Bonchev–Trinajstić information content (AvgIpc) is 2.73. The van der Waals surface area contributed by atoms with Gasteiger partial charge >= 0.3 is 12.0 Å². The van der Waals surface area contributed by atoms with Crippen molar-refractivity contribution in [2.45, 2.75) is 13.3 Å².